The third-order valence-electron chi connectivity index (χ3n) is 3.35. The highest BCUT2D eigenvalue weighted by molar-refractivity contribution is 7.98. The van der Waals surface area contributed by atoms with E-state index in [0.717, 1.165) is 27.5 Å². The van der Waals surface area contributed by atoms with Gasteiger partial charge in [-0.2, -0.15) is 0 Å². The smallest absolute Gasteiger partial charge is 0.140 e. The van der Waals surface area contributed by atoms with Gasteiger partial charge in [0, 0.05) is 22.9 Å². The topological polar surface area (TPSA) is 62.5 Å². The molecule has 0 saturated carbocycles. The molecule has 0 spiro atoms. The van der Waals surface area contributed by atoms with Gasteiger partial charge in [-0.3, -0.25) is 4.40 Å². The number of fused-ring (bicyclic) bond motifs is 1. The van der Waals surface area contributed by atoms with Crippen molar-refractivity contribution < 1.29 is 9.29 Å². The van der Waals surface area contributed by atoms with Crippen molar-refractivity contribution in [2.75, 3.05) is 24.9 Å². The summed E-state index contributed by atoms with van der Waals surface area (Å²) in [6.45, 7) is 0.420. The number of hydrogen-bond donors (Lipinski definition) is 0. The van der Waals surface area contributed by atoms with E-state index in [4.69, 9.17) is 4.74 Å². The first-order valence-corrected chi connectivity index (χ1v) is 10.0. The van der Waals surface area contributed by atoms with Gasteiger partial charge in [0.1, 0.15) is 30.1 Å². The van der Waals surface area contributed by atoms with E-state index in [1.165, 1.54) is 0 Å². The van der Waals surface area contributed by atoms with E-state index < -0.39 is 11.2 Å². The summed E-state index contributed by atoms with van der Waals surface area (Å²) in [7, 11) is 0. The average molecular weight is 347 g/mol. The molecule has 0 aliphatic heterocycles. The van der Waals surface area contributed by atoms with Crippen molar-refractivity contribution in [3.63, 3.8) is 0 Å². The van der Waals surface area contributed by atoms with Crippen LogP contribution >= 0.6 is 11.8 Å². The molecule has 2 heterocycles. The second-order valence-electron chi connectivity index (χ2n) is 4.96. The first-order chi connectivity index (χ1) is 11.2. The van der Waals surface area contributed by atoms with Crippen LogP contribution in [-0.4, -0.2) is 43.8 Å². The normalized spacial score (nSPS) is 12.5. The summed E-state index contributed by atoms with van der Waals surface area (Å²) in [6, 6.07) is 7.92. The van der Waals surface area contributed by atoms with E-state index in [-0.39, 0.29) is 0 Å². The maximum atomic E-state index is 11.2. The van der Waals surface area contributed by atoms with Crippen LogP contribution in [0.3, 0.4) is 0 Å². The molecule has 3 rings (SSSR count). The van der Waals surface area contributed by atoms with E-state index in [9.17, 15) is 4.55 Å². The van der Waals surface area contributed by atoms with Crippen LogP contribution in [-0.2, 0) is 11.2 Å². The molecule has 1 aromatic carbocycles. The Balaban J connectivity index is 1.96. The number of benzene rings is 1. The van der Waals surface area contributed by atoms with Gasteiger partial charge in [-0.15, -0.1) is 11.8 Å². The molecule has 3 aromatic rings. The second-order valence-corrected chi connectivity index (χ2v) is 7.39. The van der Waals surface area contributed by atoms with Crippen LogP contribution in [0, 0.1) is 0 Å². The van der Waals surface area contributed by atoms with Crippen molar-refractivity contribution in [2.24, 2.45) is 0 Å². The summed E-state index contributed by atoms with van der Waals surface area (Å²) >= 11 is 0.788. The first kappa shape index (κ1) is 16.2. The Kier molecular flexibility index (Phi) is 5.09. The molecule has 0 amide bonds. The minimum Gasteiger partial charge on any atom is -0.616 e. The summed E-state index contributed by atoms with van der Waals surface area (Å²) in [5.74, 6) is 1.27. The SMILES string of the molecule is CSc1ccc(-c2cn3cnccc3n2)c(OCC[S+](C)[O-])c1. The van der Waals surface area contributed by atoms with Crippen molar-refractivity contribution in [1.82, 2.24) is 14.4 Å². The van der Waals surface area contributed by atoms with Crippen LogP contribution in [0.2, 0.25) is 0 Å². The maximum absolute atomic E-state index is 11.2. The molecule has 120 valence electrons. The lowest BCUT2D eigenvalue weighted by molar-refractivity contribution is 0.341. The highest BCUT2D eigenvalue weighted by Crippen LogP contribution is 2.33. The zero-order chi connectivity index (χ0) is 16.2. The van der Waals surface area contributed by atoms with E-state index in [1.807, 2.05) is 41.1 Å². The fourth-order valence-electron chi connectivity index (χ4n) is 2.20. The minimum absolute atomic E-state index is 0.420. The third-order valence-corrected chi connectivity index (χ3v) is 4.82. The quantitative estimate of drug-likeness (QED) is 0.507. The molecule has 0 radical (unpaired) electrons. The van der Waals surface area contributed by atoms with Crippen LogP contribution < -0.4 is 4.74 Å². The maximum Gasteiger partial charge on any atom is 0.140 e. The number of imidazole rings is 1. The minimum atomic E-state index is -0.868. The number of nitrogens with zero attached hydrogens (tertiary/aromatic N) is 3. The molecule has 23 heavy (non-hydrogen) atoms. The van der Waals surface area contributed by atoms with E-state index >= 15 is 0 Å². The lowest BCUT2D eigenvalue weighted by Gasteiger charge is -2.12. The van der Waals surface area contributed by atoms with Gasteiger partial charge in [-0.05, 0) is 30.5 Å². The van der Waals surface area contributed by atoms with Gasteiger partial charge in [0.2, 0.25) is 0 Å². The van der Waals surface area contributed by atoms with Crippen molar-refractivity contribution in [1.29, 1.82) is 0 Å². The molecule has 0 N–H and O–H groups in total. The Morgan fingerprint density at radius 3 is 2.96 bits per heavy atom. The van der Waals surface area contributed by atoms with Crippen molar-refractivity contribution in [3.8, 4) is 17.0 Å². The molecule has 0 fully saturated rings. The lowest BCUT2D eigenvalue weighted by atomic mass is 10.1. The molecular weight excluding hydrogens is 330 g/mol. The highest BCUT2D eigenvalue weighted by Gasteiger charge is 2.12. The molecule has 0 aliphatic carbocycles. The molecule has 0 aliphatic rings. The zero-order valence-electron chi connectivity index (χ0n) is 12.9. The molecule has 2 aromatic heterocycles. The monoisotopic (exact) mass is 347 g/mol. The number of aromatic nitrogens is 3. The Morgan fingerprint density at radius 2 is 2.22 bits per heavy atom. The molecule has 0 saturated heterocycles. The van der Waals surface area contributed by atoms with Gasteiger partial charge >= 0.3 is 0 Å². The van der Waals surface area contributed by atoms with Crippen LogP contribution in [0.4, 0.5) is 0 Å². The number of thioether (sulfide) groups is 1. The van der Waals surface area contributed by atoms with Crippen LogP contribution in [0.15, 0.2) is 47.9 Å². The van der Waals surface area contributed by atoms with E-state index in [2.05, 4.69) is 9.97 Å². The Morgan fingerprint density at radius 1 is 1.35 bits per heavy atom. The molecule has 1 unspecified atom stereocenters. The van der Waals surface area contributed by atoms with Crippen LogP contribution in [0.25, 0.3) is 16.9 Å². The fraction of sp³-hybridized carbons (Fsp3) is 0.250. The van der Waals surface area contributed by atoms with E-state index in [1.54, 1.807) is 30.5 Å². The van der Waals surface area contributed by atoms with Gasteiger partial charge in [-0.1, -0.05) is 11.2 Å². The average Bonchev–Trinajstić information content (AvgIpc) is 2.98. The Labute approximate surface area is 142 Å². The summed E-state index contributed by atoms with van der Waals surface area (Å²) in [5, 5.41) is 0. The Bertz CT molecular complexity index is 772. The molecular formula is C16H17N3O2S2. The van der Waals surface area contributed by atoms with Crippen molar-refractivity contribution in [2.45, 2.75) is 4.90 Å². The summed E-state index contributed by atoms with van der Waals surface area (Å²) in [5.41, 5.74) is 2.59. The van der Waals surface area contributed by atoms with Crippen LogP contribution in [0.1, 0.15) is 0 Å². The largest absolute Gasteiger partial charge is 0.616 e. The zero-order valence-corrected chi connectivity index (χ0v) is 14.6. The highest BCUT2D eigenvalue weighted by atomic mass is 32.2. The van der Waals surface area contributed by atoms with Gasteiger partial charge in [0.05, 0.1) is 11.9 Å². The van der Waals surface area contributed by atoms with E-state index in [0.29, 0.717) is 12.4 Å². The van der Waals surface area contributed by atoms with Gasteiger partial charge in [0.25, 0.3) is 0 Å². The predicted molar refractivity (Wildman–Crippen MR) is 94.6 cm³/mol. The lowest BCUT2D eigenvalue weighted by Crippen LogP contribution is -2.12. The van der Waals surface area contributed by atoms with Gasteiger partial charge < -0.3 is 9.29 Å². The molecule has 1 atom stereocenters. The first-order valence-electron chi connectivity index (χ1n) is 7.07. The van der Waals surface area contributed by atoms with Crippen molar-refractivity contribution in [3.05, 3.63) is 43.0 Å². The van der Waals surface area contributed by atoms with Gasteiger partial charge in [-0.25, -0.2) is 9.97 Å². The summed E-state index contributed by atoms with van der Waals surface area (Å²) < 4.78 is 19.0. The predicted octanol–water partition coefficient (Wildman–Crippen LogP) is 2.88. The number of rotatable bonds is 6. The second kappa shape index (κ2) is 7.25. The molecule has 7 heteroatoms. The number of ether oxygens (including phenoxy) is 1. The molecule has 0 bridgehead atoms. The summed E-state index contributed by atoms with van der Waals surface area (Å²) in [6.07, 6.45) is 9.08. The fourth-order valence-corrected chi connectivity index (χ4v) is 2.95. The standard InChI is InChI=1S/C16H17N3O2S2/c1-22-12-3-4-13(15(9-12)21-7-8-23(2)20)14-10-19-11-17-6-5-16(19)18-14/h3-6,9-11H,7-8H2,1-2H3. The van der Waals surface area contributed by atoms with Crippen molar-refractivity contribution >= 4 is 28.6 Å². The summed E-state index contributed by atoms with van der Waals surface area (Å²) in [4.78, 5) is 9.83. The number of hydrogen-bond acceptors (Lipinski definition) is 5. The van der Waals surface area contributed by atoms with Crippen LogP contribution in [0.5, 0.6) is 5.75 Å². The molecule has 5 nitrogen and oxygen atoms in total. The Hall–Kier alpha value is -1.70. The third kappa shape index (κ3) is 3.80. The van der Waals surface area contributed by atoms with Gasteiger partial charge in [0.15, 0.2) is 0 Å².